The van der Waals surface area contributed by atoms with E-state index in [-0.39, 0.29) is 5.69 Å². The maximum Gasteiger partial charge on any atom is 0.269 e. The summed E-state index contributed by atoms with van der Waals surface area (Å²) < 4.78 is 5.51. The van der Waals surface area contributed by atoms with Gasteiger partial charge in [-0.1, -0.05) is 11.6 Å². The summed E-state index contributed by atoms with van der Waals surface area (Å²) in [5.74, 6) is 0.347. The van der Waals surface area contributed by atoms with Gasteiger partial charge in [-0.15, -0.1) is 0 Å². The summed E-state index contributed by atoms with van der Waals surface area (Å²) in [4.78, 5) is 18.3. The van der Waals surface area contributed by atoms with Crippen molar-refractivity contribution in [3.63, 3.8) is 0 Å². The van der Waals surface area contributed by atoms with Crippen LogP contribution < -0.4 is 0 Å². The third-order valence-electron chi connectivity index (χ3n) is 2.58. The van der Waals surface area contributed by atoms with Gasteiger partial charge in [0.1, 0.15) is 5.52 Å². The van der Waals surface area contributed by atoms with Crippen molar-refractivity contribution < 1.29 is 9.34 Å². The van der Waals surface area contributed by atoms with Crippen LogP contribution in [0.3, 0.4) is 0 Å². The molecular weight excluding hydrogens is 270 g/mol. The van der Waals surface area contributed by atoms with Gasteiger partial charge in [-0.3, -0.25) is 15.1 Å². The predicted molar refractivity (Wildman–Crippen MR) is 68.9 cm³/mol. The first kappa shape index (κ1) is 11.6. The highest BCUT2D eigenvalue weighted by molar-refractivity contribution is 6.34. The number of benzene rings is 1. The molecule has 0 atom stereocenters. The smallest absolute Gasteiger partial charge is 0.269 e. The van der Waals surface area contributed by atoms with Crippen molar-refractivity contribution in [1.29, 1.82) is 0 Å². The second kappa shape index (κ2) is 4.33. The molecule has 1 aromatic carbocycles. The van der Waals surface area contributed by atoms with E-state index in [1.54, 1.807) is 12.1 Å². The number of hydrogen-bond donors (Lipinski definition) is 0. The summed E-state index contributed by atoms with van der Waals surface area (Å²) in [6.45, 7) is 0. The van der Waals surface area contributed by atoms with Crippen molar-refractivity contribution in [2.75, 3.05) is 0 Å². The molecule has 0 spiro atoms. The fourth-order valence-electron chi connectivity index (χ4n) is 1.67. The first-order valence-electron chi connectivity index (χ1n) is 5.30. The van der Waals surface area contributed by atoms with E-state index in [1.807, 2.05) is 0 Å². The molecule has 0 aliphatic heterocycles. The number of rotatable bonds is 2. The van der Waals surface area contributed by atoms with Crippen molar-refractivity contribution in [2.45, 2.75) is 0 Å². The highest BCUT2D eigenvalue weighted by atomic mass is 35.5. The van der Waals surface area contributed by atoms with Crippen LogP contribution >= 0.6 is 11.6 Å². The zero-order chi connectivity index (χ0) is 13.4. The molecule has 7 heteroatoms. The Kier molecular flexibility index (Phi) is 2.64. The summed E-state index contributed by atoms with van der Waals surface area (Å²) in [5, 5.41) is 11.0. The molecule has 0 fully saturated rings. The lowest BCUT2D eigenvalue weighted by molar-refractivity contribution is -0.384. The van der Waals surface area contributed by atoms with Crippen molar-refractivity contribution >= 4 is 28.4 Å². The second-order valence-electron chi connectivity index (χ2n) is 3.79. The fourth-order valence-corrected chi connectivity index (χ4v) is 1.86. The van der Waals surface area contributed by atoms with E-state index in [0.29, 0.717) is 27.6 Å². The molecule has 6 nitrogen and oxygen atoms in total. The number of oxazole rings is 1. The number of fused-ring (bicyclic) bond motifs is 1. The van der Waals surface area contributed by atoms with Gasteiger partial charge in [0.2, 0.25) is 5.89 Å². The van der Waals surface area contributed by atoms with E-state index >= 15 is 0 Å². The minimum Gasteiger partial charge on any atom is -0.434 e. The lowest BCUT2D eigenvalue weighted by Crippen LogP contribution is -1.87. The summed E-state index contributed by atoms with van der Waals surface area (Å²) >= 11 is 5.95. The zero-order valence-corrected chi connectivity index (χ0v) is 10.2. The Morgan fingerprint density at radius 3 is 2.58 bits per heavy atom. The SMILES string of the molecule is O=[N+]([O-])c1ccc(-c2nc3c(Cl)cncc3o2)cc1. The molecule has 0 amide bonds. The van der Waals surface area contributed by atoms with Gasteiger partial charge in [0.05, 0.1) is 16.1 Å². The van der Waals surface area contributed by atoms with Crippen LogP contribution in [0.1, 0.15) is 0 Å². The number of pyridine rings is 1. The summed E-state index contributed by atoms with van der Waals surface area (Å²) in [6.07, 6.45) is 3.00. The lowest BCUT2D eigenvalue weighted by atomic mass is 10.2. The minimum absolute atomic E-state index is 0.0135. The van der Waals surface area contributed by atoms with Crippen LogP contribution in [-0.4, -0.2) is 14.9 Å². The first-order valence-corrected chi connectivity index (χ1v) is 5.68. The average Bonchev–Trinajstić information content (AvgIpc) is 2.84. The van der Waals surface area contributed by atoms with E-state index in [9.17, 15) is 10.1 Å². The number of nitro groups is 1. The van der Waals surface area contributed by atoms with Crippen LogP contribution in [0.5, 0.6) is 0 Å². The molecular formula is C12H6ClN3O3. The van der Waals surface area contributed by atoms with E-state index in [0.717, 1.165) is 0 Å². The largest absolute Gasteiger partial charge is 0.434 e. The zero-order valence-electron chi connectivity index (χ0n) is 9.41. The fraction of sp³-hybridized carbons (Fsp3) is 0. The van der Waals surface area contributed by atoms with Gasteiger partial charge >= 0.3 is 0 Å². The maximum atomic E-state index is 10.6. The maximum absolute atomic E-state index is 10.6. The van der Waals surface area contributed by atoms with E-state index in [4.69, 9.17) is 16.0 Å². The van der Waals surface area contributed by atoms with Gasteiger partial charge in [-0.2, -0.15) is 0 Å². The molecule has 0 saturated carbocycles. The molecule has 2 heterocycles. The Balaban J connectivity index is 2.09. The number of nitro benzene ring substituents is 1. The molecule has 3 aromatic rings. The van der Waals surface area contributed by atoms with Gasteiger partial charge in [-0.25, -0.2) is 4.98 Å². The molecule has 0 unspecified atom stereocenters. The third kappa shape index (κ3) is 2.02. The monoisotopic (exact) mass is 275 g/mol. The number of non-ortho nitro benzene ring substituents is 1. The van der Waals surface area contributed by atoms with E-state index < -0.39 is 4.92 Å². The van der Waals surface area contributed by atoms with E-state index in [2.05, 4.69) is 9.97 Å². The Labute approximate surface area is 111 Å². The van der Waals surface area contributed by atoms with Crippen molar-refractivity contribution in [3.05, 3.63) is 51.8 Å². The number of aromatic nitrogens is 2. The predicted octanol–water partition coefficient (Wildman–Crippen LogP) is 3.45. The van der Waals surface area contributed by atoms with Crippen molar-refractivity contribution in [2.24, 2.45) is 0 Å². The molecule has 3 rings (SSSR count). The Morgan fingerprint density at radius 2 is 1.95 bits per heavy atom. The number of hydrogen-bond acceptors (Lipinski definition) is 5. The highest BCUT2D eigenvalue weighted by Gasteiger charge is 2.12. The van der Waals surface area contributed by atoms with Gasteiger partial charge in [0.25, 0.3) is 5.69 Å². The third-order valence-corrected chi connectivity index (χ3v) is 2.86. The van der Waals surface area contributed by atoms with Gasteiger partial charge in [0, 0.05) is 23.9 Å². The second-order valence-corrected chi connectivity index (χ2v) is 4.20. The Morgan fingerprint density at radius 1 is 1.21 bits per heavy atom. The standard InChI is InChI=1S/C12H6ClN3O3/c13-9-5-14-6-10-11(9)15-12(19-10)7-1-3-8(4-2-7)16(17)18/h1-6H. The van der Waals surface area contributed by atoms with Gasteiger partial charge < -0.3 is 4.42 Å². The lowest BCUT2D eigenvalue weighted by Gasteiger charge is -1.94. The van der Waals surface area contributed by atoms with Crippen LogP contribution in [0.2, 0.25) is 5.02 Å². The van der Waals surface area contributed by atoms with Crippen molar-refractivity contribution in [1.82, 2.24) is 9.97 Å². The van der Waals surface area contributed by atoms with Crippen LogP contribution in [0, 0.1) is 10.1 Å². The Bertz CT molecular complexity index is 767. The number of nitrogens with zero attached hydrogens (tertiary/aromatic N) is 3. The average molecular weight is 276 g/mol. The molecule has 94 valence electrons. The molecule has 2 aromatic heterocycles. The van der Waals surface area contributed by atoms with Crippen LogP contribution in [0.25, 0.3) is 22.6 Å². The summed E-state index contributed by atoms with van der Waals surface area (Å²) in [5.41, 5.74) is 1.64. The first-order chi connectivity index (χ1) is 9.15. The number of halogens is 1. The molecule has 0 aliphatic carbocycles. The normalized spacial score (nSPS) is 10.8. The molecule has 0 bridgehead atoms. The van der Waals surface area contributed by atoms with Crippen LogP contribution in [0.15, 0.2) is 41.1 Å². The van der Waals surface area contributed by atoms with E-state index in [1.165, 1.54) is 24.5 Å². The highest BCUT2D eigenvalue weighted by Crippen LogP contribution is 2.28. The quantitative estimate of drug-likeness (QED) is 0.528. The minimum atomic E-state index is -0.462. The molecule has 0 aliphatic rings. The summed E-state index contributed by atoms with van der Waals surface area (Å²) in [7, 11) is 0. The molecule has 0 saturated heterocycles. The van der Waals surface area contributed by atoms with Gasteiger partial charge in [-0.05, 0) is 12.1 Å². The topological polar surface area (TPSA) is 82.1 Å². The van der Waals surface area contributed by atoms with Crippen LogP contribution in [-0.2, 0) is 0 Å². The molecule has 0 radical (unpaired) electrons. The van der Waals surface area contributed by atoms with Gasteiger partial charge in [0.15, 0.2) is 5.58 Å². The molecule has 19 heavy (non-hydrogen) atoms. The van der Waals surface area contributed by atoms with Crippen molar-refractivity contribution in [3.8, 4) is 11.5 Å². The van der Waals surface area contributed by atoms with Crippen LogP contribution in [0.4, 0.5) is 5.69 Å². The molecule has 0 N–H and O–H groups in total. The Hall–Kier alpha value is -2.47. The summed E-state index contributed by atoms with van der Waals surface area (Å²) in [6, 6.07) is 5.93.